The summed E-state index contributed by atoms with van der Waals surface area (Å²) >= 11 is 0. The first kappa shape index (κ1) is 59.4. The fourth-order valence-corrected chi connectivity index (χ4v) is 10.00. The van der Waals surface area contributed by atoms with Crippen LogP contribution in [0.1, 0.15) is 0 Å². The predicted molar refractivity (Wildman–Crippen MR) is 352 cm³/mol. The SMILES string of the molecule is C(=Nc1ccccc1)[N-]c1ccccc1.C(=Nc1ccccc1)[N-]c1ccccc1.[Pt].[Pt].[c-]1ccc2c(oc3ccccc32)c1N1[CH-]N(c2ccccc2)c2cccnc21.[c-]1ccc2c(oc3ccccc32)c1N1[CH-]N(c2ccccc2)c2cccnc21. The molecule has 4 aromatic heterocycles. The summed E-state index contributed by atoms with van der Waals surface area (Å²) in [6, 6.07) is 98.5. The summed E-state index contributed by atoms with van der Waals surface area (Å²) in [6.45, 7) is 4.09. The zero-order chi connectivity index (χ0) is 57.7. The van der Waals surface area contributed by atoms with Crippen LogP contribution in [0.2, 0.25) is 0 Å². The summed E-state index contributed by atoms with van der Waals surface area (Å²) in [5.74, 6) is 1.71. The standard InChI is InChI=1S/2C24H15N3O.2C13H11N2.2Pt/c2*1-2-8-17(9-3-1)26-16-27(24-21(26)13-7-15-25-24)20-12-6-11-19-18-10-4-5-14-22(18)28-23(19)20;2*1-3-7-12(8-4-1)14-11-15-13-9-5-2-6-10-13;;/h2*1-11,13-16H;2*1-11H;;/q2*-2;2*-1;;. The first-order valence-electron chi connectivity index (χ1n) is 27.9. The van der Waals surface area contributed by atoms with Gasteiger partial charge >= 0.3 is 0 Å². The molecule has 2 aliphatic rings. The molecule has 0 amide bonds. The molecule has 0 saturated carbocycles. The molecule has 0 aliphatic carbocycles. The second-order valence-corrected chi connectivity index (χ2v) is 19.5. The van der Waals surface area contributed by atoms with Gasteiger partial charge in [0.2, 0.25) is 0 Å². The number of benzene rings is 10. The Balaban J connectivity index is 0.000000126. The molecule has 0 fully saturated rings. The van der Waals surface area contributed by atoms with Gasteiger partial charge in [-0.25, -0.2) is 9.97 Å². The van der Waals surface area contributed by atoms with E-state index in [2.05, 4.69) is 113 Å². The van der Waals surface area contributed by atoms with Gasteiger partial charge in [0, 0.05) is 87.8 Å². The number of rotatable bonds is 10. The number of nitrogens with zero attached hydrogens (tertiary/aromatic N) is 10. The Labute approximate surface area is 539 Å². The Morgan fingerprint density at radius 3 is 1.11 bits per heavy atom. The molecule has 16 rings (SSSR count). The van der Waals surface area contributed by atoms with E-state index in [4.69, 9.17) is 8.83 Å². The van der Waals surface area contributed by atoms with Gasteiger partial charge in [-0.15, -0.1) is 13.3 Å². The van der Waals surface area contributed by atoms with Gasteiger partial charge in [0.15, 0.2) is 0 Å². The molecule has 0 N–H and O–H groups in total. The van der Waals surface area contributed by atoms with Gasteiger partial charge in [-0.05, 0) is 83.4 Å². The molecule has 10 aromatic carbocycles. The van der Waals surface area contributed by atoms with Gasteiger partial charge in [-0.3, -0.25) is 0 Å². The Bertz CT molecular complexity index is 4280. The molecule has 12 nitrogen and oxygen atoms in total. The van der Waals surface area contributed by atoms with Gasteiger partial charge in [0.25, 0.3) is 0 Å². The Kier molecular flexibility index (Phi) is 19.3. The molecule has 14 heteroatoms. The van der Waals surface area contributed by atoms with Crippen molar-refractivity contribution in [3.05, 3.63) is 328 Å². The zero-order valence-electron chi connectivity index (χ0n) is 46.9. The maximum Gasteiger partial charge on any atom is 0.124 e. The second-order valence-electron chi connectivity index (χ2n) is 19.5. The number of fused-ring (bicyclic) bond motifs is 8. The molecular weight excluding hydrogens is 1450 g/mol. The van der Waals surface area contributed by atoms with Crippen molar-refractivity contribution in [1.29, 1.82) is 0 Å². The molecule has 88 heavy (non-hydrogen) atoms. The summed E-state index contributed by atoms with van der Waals surface area (Å²) in [5, 5.41) is 12.8. The van der Waals surface area contributed by atoms with E-state index >= 15 is 0 Å². The third-order valence-corrected chi connectivity index (χ3v) is 14.0. The van der Waals surface area contributed by atoms with Gasteiger partial charge in [-0.1, -0.05) is 229 Å². The molecule has 0 spiro atoms. The van der Waals surface area contributed by atoms with Crippen molar-refractivity contribution in [2.45, 2.75) is 0 Å². The van der Waals surface area contributed by atoms with E-state index in [1.807, 2.05) is 254 Å². The Morgan fingerprint density at radius 2 is 0.716 bits per heavy atom. The van der Waals surface area contributed by atoms with Crippen molar-refractivity contribution in [3.8, 4) is 0 Å². The largest absolute Gasteiger partial charge is 0.514 e. The maximum absolute atomic E-state index is 6.21. The molecule has 2 aliphatic heterocycles. The normalized spacial score (nSPS) is 12.1. The number of aromatic nitrogens is 2. The molecule has 0 radical (unpaired) electrons. The van der Waals surface area contributed by atoms with E-state index in [1.165, 1.54) is 0 Å². The topological polar surface area (TPSA) is 118 Å². The predicted octanol–water partition coefficient (Wildman–Crippen LogP) is 20.5. The van der Waals surface area contributed by atoms with Crippen LogP contribution in [-0.2, 0) is 42.1 Å². The minimum absolute atomic E-state index is 0. The summed E-state index contributed by atoms with van der Waals surface area (Å²) in [6.07, 6.45) is 6.77. The van der Waals surface area contributed by atoms with E-state index in [0.29, 0.717) is 0 Å². The van der Waals surface area contributed by atoms with Crippen molar-refractivity contribution in [3.63, 3.8) is 0 Å². The van der Waals surface area contributed by atoms with E-state index in [0.717, 1.165) is 112 Å². The summed E-state index contributed by atoms with van der Waals surface area (Å²) in [7, 11) is 0. The number of anilines is 8. The molecule has 14 aromatic rings. The van der Waals surface area contributed by atoms with Crippen molar-refractivity contribution in [2.24, 2.45) is 9.98 Å². The number of furan rings is 2. The minimum Gasteiger partial charge on any atom is -0.514 e. The zero-order valence-corrected chi connectivity index (χ0v) is 51.5. The quantitative estimate of drug-likeness (QED) is 0.0755. The molecule has 0 saturated heterocycles. The van der Waals surface area contributed by atoms with Crippen LogP contribution in [0.5, 0.6) is 0 Å². The average molecular weight is 1500 g/mol. The van der Waals surface area contributed by atoms with Crippen LogP contribution in [0, 0.1) is 25.5 Å². The second kappa shape index (κ2) is 28.7. The first-order chi connectivity index (χ1) is 42.7. The summed E-state index contributed by atoms with van der Waals surface area (Å²) in [4.78, 5) is 26.1. The fraction of sp³-hybridized carbons (Fsp3) is 0. The molecule has 0 unspecified atom stereocenters. The monoisotopic (exact) mass is 1500 g/mol. The molecule has 0 bridgehead atoms. The number of pyridine rings is 2. The van der Waals surface area contributed by atoms with Crippen LogP contribution in [0.15, 0.2) is 310 Å². The number of para-hydroxylation sites is 8. The number of hydrogen-bond donors (Lipinski definition) is 0. The average Bonchev–Trinajstić information content (AvgIpc) is 2.12. The van der Waals surface area contributed by atoms with Crippen LogP contribution in [-0.4, -0.2) is 22.6 Å². The van der Waals surface area contributed by atoms with Crippen molar-refractivity contribution < 1.29 is 51.0 Å². The van der Waals surface area contributed by atoms with E-state index in [9.17, 15) is 0 Å². The third-order valence-electron chi connectivity index (χ3n) is 14.0. The van der Waals surface area contributed by atoms with Crippen LogP contribution in [0.3, 0.4) is 0 Å². The fourth-order valence-electron chi connectivity index (χ4n) is 10.00. The third kappa shape index (κ3) is 13.3. The van der Waals surface area contributed by atoms with Crippen LogP contribution in [0.4, 0.5) is 68.5 Å². The first-order valence-corrected chi connectivity index (χ1v) is 27.9. The molecular formula is C74H52N10O2Pt2-6. The molecule has 6 heterocycles. The Hall–Kier alpha value is -10.4. The number of hydrogen-bond acceptors (Lipinski definition) is 10. The van der Waals surface area contributed by atoms with Gasteiger partial charge in [0.1, 0.15) is 22.8 Å². The van der Waals surface area contributed by atoms with Gasteiger partial charge < -0.3 is 49.1 Å². The van der Waals surface area contributed by atoms with Crippen LogP contribution in [0.25, 0.3) is 54.5 Å². The summed E-state index contributed by atoms with van der Waals surface area (Å²) in [5.41, 5.74) is 12.9. The van der Waals surface area contributed by atoms with Gasteiger partial charge in [-0.2, -0.15) is 36.4 Å². The van der Waals surface area contributed by atoms with Crippen molar-refractivity contribution in [2.75, 3.05) is 19.6 Å². The smallest absolute Gasteiger partial charge is 0.124 e. The molecule has 436 valence electrons. The van der Waals surface area contributed by atoms with Crippen molar-refractivity contribution in [1.82, 2.24) is 9.97 Å². The van der Waals surface area contributed by atoms with E-state index in [1.54, 1.807) is 12.7 Å². The van der Waals surface area contributed by atoms with Crippen LogP contribution < -0.4 is 19.6 Å². The van der Waals surface area contributed by atoms with Gasteiger partial charge in [0.05, 0.1) is 11.4 Å². The Morgan fingerprint density at radius 1 is 0.364 bits per heavy atom. The van der Waals surface area contributed by atoms with Crippen LogP contribution >= 0.6 is 0 Å². The van der Waals surface area contributed by atoms with Crippen molar-refractivity contribution >= 4 is 125 Å². The summed E-state index contributed by atoms with van der Waals surface area (Å²) < 4.78 is 12.4. The minimum atomic E-state index is 0. The van der Waals surface area contributed by atoms with E-state index < -0.39 is 0 Å². The van der Waals surface area contributed by atoms with E-state index in [-0.39, 0.29) is 42.1 Å². The molecule has 0 atom stereocenters. The number of aliphatic imine (C=N–C) groups is 2. The maximum atomic E-state index is 6.21.